The van der Waals surface area contributed by atoms with Crippen LogP contribution in [-0.2, 0) is 10.0 Å². The van der Waals surface area contributed by atoms with Crippen LogP contribution in [0, 0.1) is 0 Å². The third-order valence-corrected chi connectivity index (χ3v) is 6.19. The van der Waals surface area contributed by atoms with E-state index in [2.05, 4.69) is 10.3 Å². The number of rotatable bonds is 6. The zero-order valence-corrected chi connectivity index (χ0v) is 16.4. The van der Waals surface area contributed by atoms with E-state index in [0.717, 1.165) is 5.56 Å². The molecule has 0 saturated carbocycles. The number of aromatic nitrogens is 1. The number of carbonyl (C=O) groups excluding carboxylic acids is 1. The number of pyridine rings is 1. The monoisotopic (exact) mass is 395 g/mol. The van der Waals surface area contributed by atoms with Gasteiger partial charge in [-0.3, -0.25) is 14.1 Å². The second-order valence-electron chi connectivity index (χ2n) is 6.32. The normalized spacial score (nSPS) is 12.2. The van der Waals surface area contributed by atoms with Gasteiger partial charge < -0.3 is 5.32 Å². The average molecular weight is 395 g/mol. The number of para-hydroxylation sites is 1. The van der Waals surface area contributed by atoms with Crippen LogP contribution in [0.1, 0.15) is 28.9 Å². The maximum Gasteiger partial charge on any atom is 0.264 e. The summed E-state index contributed by atoms with van der Waals surface area (Å²) in [6.07, 6.45) is 3.34. The van der Waals surface area contributed by atoms with Gasteiger partial charge in [0, 0.05) is 25.0 Å². The Morgan fingerprint density at radius 3 is 2.46 bits per heavy atom. The first kappa shape index (κ1) is 19.6. The van der Waals surface area contributed by atoms with E-state index < -0.39 is 10.0 Å². The van der Waals surface area contributed by atoms with Crippen molar-refractivity contribution in [1.82, 2.24) is 10.3 Å². The second kappa shape index (κ2) is 8.22. The topological polar surface area (TPSA) is 79.4 Å². The molecule has 0 aliphatic carbocycles. The molecule has 1 atom stereocenters. The molecule has 1 N–H and O–H groups in total. The molecule has 1 heterocycles. The van der Waals surface area contributed by atoms with E-state index in [9.17, 15) is 13.2 Å². The van der Waals surface area contributed by atoms with Crippen molar-refractivity contribution < 1.29 is 13.2 Å². The first-order chi connectivity index (χ1) is 13.4. The standard InChI is InChI=1S/C21H21N3O3S/c1-16(18-9-7-13-22-15-18)23-21(25)17-8-6-12-20(14-17)28(26,27)24(2)19-10-4-3-5-11-19/h3-16H,1-2H3,(H,23,25)/t16-/m1/s1. The smallest absolute Gasteiger partial charge is 0.264 e. The van der Waals surface area contributed by atoms with Crippen LogP contribution in [0.5, 0.6) is 0 Å². The molecule has 2 aromatic carbocycles. The molecule has 0 bridgehead atoms. The molecule has 0 fully saturated rings. The predicted octanol–water partition coefficient (Wildman–Crippen LogP) is 3.40. The molecule has 0 spiro atoms. The molecule has 3 rings (SSSR count). The lowest BCUT2D eigenvalue weighted by molar-refractivity contribution is 0.0939. The lowest BCUT2D eigenvalue weighted by Crippen LogP contribution is -2.28. The van der Waals surface area contributed by atoms with E-state index in [0.29, 0.717) is 5.69 Å². The Labute approximate surface area is 164 Å². The Morgan fingerprint density at radius 1 is 1.04 bits per heavy atom. The maximum absolute atomic E-state index is 12.9. The number of nitrogens with zero attached hydrogens (tertiary/aromatic N) is 2. The van der Waals surface area contributed by atoms with Gasteiger partial charge in [-0.2, -0.15) is 0 Å². The molecule has 1 amide bonds. The average Bonchev–Trinajstić information content (AvgIpc) is 2.74. The van der Waals surface area contributed by atoms with Gasteiger partial charge in [0.25, 0.3) is 15.9 Å². The van der Waals surface area contributed by atoms with Crippen LogP contribution in [0.4, 0.5) is 5.69 Å². The third kappa shape index (κ3) is 4.20. The summed E-state index contributed by atoms with van der Waals surface area (Å²) in [5, 5.41) is 2.86. The van der Waals surface area contributed by atoms with Gasteiger partial charge in [0.05, 0.1) is 16.6 Å². The van der Waals surface area contributed by atoms with Gasteiger partial charge in [0.2, 0.25) is 0 Å². The summed E-state index contributed by atoms with van der Waals surface area (Å²) in [5.74, 6) is -0.351. The van der Waals surface area contributed by atoms with E-state index in [1.165, 1.54) is 23.5 Å². The molecule has 0 aliphatic heterocycles. The van der Waals surface area contributed by atoms with Crippen LogP contribution in [0.15, 0.2) is 84.0 Å². The van der Waals surface area contributed by atoms with Gasteiger partial charge in [-0.15, -0.1) is 0 Å². The molecule has 0 saturated heterocycles. The highest BCUT2D eigenvalue weighted by Gasteiger charge is 2.22. The highest BCUT2D eigenvalue weighted by atomic mass is 32.2. The van der Waals surface area contributed by atoms with Crippen molar-refractivity contribution in [2.24, 2.45) is 0 Å². The first-order valence-electron chi connectivity index (χ1n) is 8.74. The second-order valence-corrected chi connectivity index (χ2v) is 8.29. The molecular weight excluding hydrogens is 374 g/mol. The van der Waals surface area contributed by atoms with Gasteiger partial charge in [-0.05, 0) is 48.9 Å². The summed E-state index contributed by atoms with van der Waals surface area (Å²) in [5.41, 5.74) is 1.68. The van der Waals surface area contributed by atoms with E-state index in [-0.39, 0.29) is 22.4 Å². The fraction of sp³-hybridized carbons (Fsp3) is 0.143. The number of hydrogen-bond donors (Lipinski definition) is 1. The number of hydrogen-bond acceptors (Lipinski definition) is 4. The summed E-state index contributed by atoms with van der Waals surface area (Å²) in [7, 11) is -2.30. The van der Waals surface area contributed by atoms with Gasteiger partial charge in [-0.1, -0.05) is 30.3 Å². The minimum absolute atomic E-state index is 0.0560. The van der Waals surface area contributed by atoms with Crippen molar-refractivity contribution in [3.8, 4) is 0 Å². The fourth-order valence-electron chi connectivity index (χ4n) is 2.73. The molecule has 7 heteroatoms. The van der Waals surface area contributed by atoms with Gasteiger partial charge in [0.1, 0.15) is 0 Å². The van der Waals surface area contributed by atoms with E-state index in [1.807, 2.05) is 19.1 Å². The summed E-state index contributed by atoms with van der Waals surface area (Å²) < 4.78 is 27.1. The number of amides is 1. The van der Waals surface area contributed by atoms with Crippen molar-refractivity contribution in [2.75, 3.05) is 11.4 Å². The lowest BCUT2D eigenvalue weighted by Gasteiger charge is -2.20. The summed E-state index contributed by atoms with van der Waals surface area (Å²) in [6, 6.07) is 18.2. The molecule has 28 heavy (non-hydrogen) atoms. The Kier molecular flexibility index (Phi) is 5.75. The molecule has 144 valence electrons. The van der Waals surface area contributed by atoms with Gasteiger partial charge in [-0.25, -0.2) is 8.42 Å². The maximum atomic E-state index is 12.9. The molecule has 0 radical (unpaired) electrons. The van der Waals surface area contributed by atoms with Crippen molar-refractivity contribution in [1.29, 1.82) is 0 Å². The number of benzene rings is 2. The van der Waals surface area contributed by atoms with Crippen molar-refractivity contribution in [3.63, 3.8) is 0 Å². The number of nitrogens with one attached hydrogen (secondary N) is 1. The highest BCUT2D eigenvalue weighted by molar-refractivity contribution is 7.92. The van der Waals surface area contributed by atoms with Crippen LogP contribution >= 0.6 is 0 Å². The van der Waals surface area contributed by atoms with Crippen LogP contribution in [0.25, 0.3) is 0 Å². The zero-order valence-electron chi connectivity index (χ0n) is 15.6. The largest absolute Gasteiger partial charge is 0.345 e. The molecular formula is C21H21N3O3S. The minimum Gasteiger partial charge on any atom is -0.345 e. The Balaban J connectivity index is 1.82. The van der Waals surface area contributed by atoms with Gasteiger partial charge in [0.15, 0.2) is 0 Å². The molecule has 0 unspecified atom stereocenters. The number of carbonyl (C=O) groups is 1. The summed E-state index contributed by atoms with van der Waals surface area (Å²) >= 11 is 0. The highest BCUT2D eigenvalue weighted by Crippen LogP contribution is 2.22. The third-order valence-electron chi connectivity index (χ3n) is 4.41. The van der Waals surface area contributed by atoms with Crippen molar-refractivity contribution in [2.45, 2.75) is 17.9 Å². The predicted molar refractivity (Wildman–Crippen MR) is 109 cm³/mol. The zero-order chi connectivity index (χ0) is 20.1. The fourth-order valence-corrected chi connectivity index (χ4v) is 3.97. The quantitative estimate of drug-likeness (QED) is 0.694. The minimum atomic E-state index is -3.79. The SMILES string of the molecule is C[C@@H](NC(=O)c1cccc(S(=O)(=O)N(C)c2ccccc2)c1)c1cccnc1. The van der Waals surface area contributed by atoms with E-state index >= 15 is 0 Å². The first-order valence-corrected chi connectivity index (χ1v) is 10.2. The Bertz CT molecular complexity index is 1050. The van der Waals surface area contributed by atoms with Crippen molar-refractivity contribution >= 4 is 21.6 Å². The summed E-state index contributed by atoms with van der Waals surface area (Å²) in [6.45, 7) is 1.85. The summed E-state index contributed by atoms with van der Waals surface area (Å²) in [4.78, 5) is 16.7. The van der Waals surface area contributed by atoms with Crippen LogP contribution < -0.4 is 9.62 Å². The van der Waals surface area contributed by atoms with Gasteiger partial charge >= 0.3 is 0 Å². The van der Waals surface area contributed by atoms with E-state index in [1.54, 1.807) is 54.9 Å². The Morgan fingerprint density at radius 2 is 1.79 bits per heavy atom. The van der Waals surface area contributed by atoms with Crippen LogP contribution in [0.2, 0.25) is 0 Å². The van der Waals surface area contributed by atoms with Crippen LogP contribution in [-0.4, -0.2) is 26.4 Å². The molecule has 6 nitrogen and oxygen atoms in total. The van der Waals surface area contributed by atoms with Crippen molar-refractivity contribution in [3.05, 3.63) is 90.3 Å². The number of sulfonamides is 1. The number of anilines is 1. The molecule has 1 aromatic heterocycles. The molecule has 0 aliphatic rings. The lowest BCUT2D eigenvalue weighted by atomic mass is 10.1. The van der Waals surface area contributed by atoms with Crippen LogP contribution in [0.3, 0.4) is 0 Å². The van der Waals surface area contributed by atoms with E-state index in [4.69, 9.17) is 0 Å². The molecule has 3 aromatic rings. The Hall–Kier alpha value is -3.19.